The lowest BCUT2D eigenvalue weighted by molar-refractivity contribution is 0.448. The third-order valence-corrected chi connectivity index (χ3v) is 4.51. The van der Waals surface area contributed by atoms with E-state index in [1.165, 1.54) is 11.6 Å². The van der Waals surface area contributed by atoms with Gasteiger partial charge < -0.3 is 5.32 Å². The van der Waals surface area contributed by atoms with E-state index < -0.39 is 0 Å². The van der Waals surface area contributed by atoms with E-state index in [2.05, 4.69) is 32.3 Å². The lowest BCUT2D eigenvalue weighted by atomic mass is 9.90. The van der Waals surface area contributed by atoms with Gasteiger partial charge in [0.1, 0.15) is 5.82 Å². The molecule has 0 amide bonds. The summed E-state index contributed by atoms with van der Waals surface area (Å²) in [7, 11) is 1.88. The number of fused-ring (bicyclic) bond motifs is 1. The molecule has 0 saturated heterocycles. The number of nitrogens with zero attached hydrogens (tertiary/aromatic N) is 1. The highest BCUT2D eigenvalue weighted by Crippen LogP contribution is 2.41. The smallest absolute Gasteiger partial charge is 0.129 e. The Labute approximate surface area is 126 Å². The predicted octanol–water partition coefficient (Wildman–Crippen LogP) is 3.97. The van der Waals surface area contributed by atoms with E-state index in [1.54, 1.807) is 0 Å². The van der Waals surface area contributed by atoms with E-state index in [0.29, 0.717) is 5.56 Å². The van der Waals surface area contributed by atoms with Gasteiger partial charge in [-0.3, -0.25) is 4.98 Å². The number of nitrogens with one attached hydrogen (secondary N) is 1. The van der Waals surface area contributed by atoms with Crippen LogP contribution in [0.4, 0.5) is 4.39 Å². The zero-order valence-electron chi connectivity index (χ0n) is 11.2. The van der Waals surface area contributed by atoms with Gasteiger partial charge in [-0.1, -0.05) is 28.1 Å². The summed E-state index contributed by atoms with van der Waals surface area (Å²) in [6.07, 6.45) is 3.85. The number of halogens is 2. The fraction of sp³-hybridized carbons (Fsp3) is 0.312. The molecular weight excluding hydrogens is 319 g/mol. The second-order valence-corrected chi connectivity index (χ2v) is 6.04. The summed E-state index contributed by atoms with van der Waals surface area (Å²) in [5.74, 6) is 0.0509. The minimum atomic E-state index is -0.178. The number of aryl methyl sites for hydroxylation is 1. The maximum atomic E-state index is 14.2. The molecule has 3 rings (SSSR count). The lowest BCUT2D eigenvalue weighted by Crippen LogP contribution is -2.24. The molecule has 0 saturated carbocycles. The third kappa shape index (κ3) is 2.38. The largest absolute Gasteiger partial charge is 0.312 e. The minimum absolute atomic E-state index is 0.0424. The first kappa shape index (κ1) is 13.7. The molecule has 20 heavy (non-hydrogen) atoms. The highest BCUT2D eigenvalue weighted by atomic mass is 79.9. The van der Waals surface area contributed by atoms with Crippen molar-refractivity contribution in [1.29, 1.82) is 0 Å². The van der Waals surface area contributed by atoms with Crippen molar-refractivity contribution in [2.75, 3.05) is 7.05 Å². The Morgan fingerprint density at radius 3 is 3.00 bits per heavy atom. The molecule has 1 aromatic carbocycles. The van der Waals surface area contributed by atoms with Crippen LogP contribution in [0.3, 0.4) is 0 Å². The Kier molecular flexibility index (Phi) is 3.85. The number of hydrogen-bond acceptors (Lipinski definition) is 2. The van der Waals surface area contributed by atoms with E-state index in [0.717, 1.165) is 23.0 Å². The van der Waals surface area contributed by atoms with E-state index in [4.69, 9.17) is 0 Å². The summed E-state index contributed by atoms with van der Waals surface area (Å²) in [5.41, 5.74) is 3.10. The Morgan fingerprint density at radius 1 is 1.40 bits per heavy atom. The first-order valence-corrected chi connectivity index (χ1v) is 7.56. The molecule has 1 N–H and O–H groups in total. The van der Waals surface area contributed by atoms with Gasteiger partial charge in [0.25, 0.3) is 0 Å². The number of likely N-dealkylation sites (N-methyl/N-ethyl adjacent to an activating group) is 1. The van der Waals surface area contributed by atoms with Crippen molar-refractivity contribution in [1.82, 2.24) is 10.3 Å². The average Bonchev–Trinajstić information content (AvgIpc) is 2.86. The third-order valence-electron chi connectivity index (χ3n) is 4.01. The topological polar surface area (TPSA) is 24.9 Å². The first-order valence-electron chi connectivity index (χ1n) is 6.76. The normalized spacial score (nSPS) is 18.9. The maximum absolute atomic E-state index is 14.2. The van der Waals surface area contributed by atoms with Crippen LogP contribution in [0.15, 0.2) is 41.0 Å². The van der Waals surface area contributed by atoms with Crippen LogP contribution in [0.25, 0.3) is 0 Å². The molecule has 1 aromatic heterocycles. The molecule has 0 aliphatic heterocycles. The summed E-state index contributed by atoms with van der Waals surface area (Å²) in [6.45, 7) is 0. The average molecular weight is 335 g/mol. The van der Waals surface area contributed by atoms with Crippen molar-refractivity contribution in [2.24, 2.45) is 0 Å². The fourth-order valence-electron chi connectivity index (χ4n) is 3.10. The Hall–Kier alpha value is -1.26. The van der Waals surface area contributed by atoms with Crippen LogP contribution in [0.5, 0.6) is 0 Å². The predicted molar refractivity (Wildman–Crippen MR) is 81.2 cm³/mol. The van der Waals surface area contributed by atoms with Gasteiger partial charge in [0.15, 0.2) is 0 Å². The Morgan fingerprint density at radius 2 is 2.25 bits per heavy atom. The van der Waals surface area contributed by atoms with Gasteiger partial charge in [-0.2, -0.15) is 0 Å². The molecule has 1 aliphatic carbocycles. The minimum Gasteiger partial charge on any atom is -0.312 e. The number of rotatable bonds is 3. The van der Waals surface area contributed by atoms with Gasteiger partial charge in [-0.05, 0) is 43.7 Å². The van der Waals surface area contributed by atoms with Crippen LogP contribution in [-0.2, 0) is 6.42 Å². The SMILES string of the molecule is CNC(c1ccc(Br)cc1F)C1CCc2cccnc21. The van der Waals surface area contributed by atoms with Crippen molar-refractivity contribution < 1.29 is 4.39 Å². The van der Waals surface area contributed by atoms with Crippen molar-refractivity contribution in [3.8, 4) is 0 Å². The van der Waals surface area contributed by atoms with Crippen molar-refractivity contribution in [3.63, 3.8) is 0 Å². The summed E-state index contributed by atoms with van der Waals surface area (Å²) in [6, 6.07) is 9.30. The molecule has 0 bridgehead atoms. The van der Waals surface area contributed by atoms with Crippen molar-refractivity contribution in [3.05, 3.63) is 63.6 Å². The zero-order chi connectivity index (χ0) is 14.1. The fourth-order valence-corrected chi connectivity index (χ4v) is 3.43. The molecule has 2 atom stereocenters. The quantitative estimate of drug-likeness (QED) is 0.918. The number of hydrogen-bond donors (Lipinski definition) is 1. The standard InChI is InChI=1S/C16H16BrFN2/c1-19-16(12-7-5-11(17)9-14(12)18)13-6-4-10-3-2-8-20-15(10)13/h2-3,5,7-9,13,16,19H,4,6H2,1H3. The van der Waals surface area contributed by atoms with Crippen LogP contribution >= 0.6 is 15.9 Å². The van der Waals surface area contributed by atoms with Gasteiger partial charge >= 0.3 is 0 Å². The van der Waals surface area contributed by atoms with Gasteiger partial charge in [-0.15, -0.1) is 0 Å². The maximum Gasteiger partial charge on any atom is 0.129 e. The monoisotopic (exact) mass is 334 g/mol. The van der Waals surface area contributed by atoms with Gasteiger partial charge in [-0.25, -0.2) is 4.39 Å². The number of aromatic nitrogens is 1. The molecule has 2 aromatic rings. The van der Waals surface area contributed by atoms with Crippen molar-refractivity contribution in [2.45, 2.75) is 24.8 Å². The molecule has 1 heterocycles. The zero-order valence-corrected chi connectivity index (χ0v) is 12.8. The lowest BCUT2D eigenvalue weighted by Gasteiger charge is -2.24. The summed E-state index contributed by atoms with van der Waals surface area (Å²) in [4.78, 5) is 4.51. The first-order chi connectivity index (χ1) is 9.70. The van der Waals surface area contributed by atoms with Gasteiger partial charge in [0.2, 0.25) is 0 Å². The molecular formula is C16H16BrFN2. The highest BCUT2D eigenvalue weighted by Gasteiger charge is 2.32. The second kappa shape index (κ2) is 5.62. The second-order valence-electron chi connectivity index (χ2n) is 5.13. The summed E-state index contributed by atoms with van der Waals surface area (Å²) < 4.78 is 15.0. The molecule has 4 heteroatoms. The molecule has 1 aliphatic rings. The molecule has 2 unspecified atom stereocenters. The Balaban J connectivity index is 1.99. The van der Waals surface area contributed by atoms with Crippen LogP contribution in [0, 0.1) is 5.82 Å². The van der Waals surface area contributed by atoms with Gasteiger partial charge in [0.05, 0.1) is 0 Å². The van der Waals surface area contributed by atoms with Crippen molar-refractivity contribution >= 4 is 15.9 Å². The molecule has 0 spiro atoms. The van der Waals surface area contributed by atoms with Crippen LogP contribution < -0.4 is 5.32 Å². The van der Waals surface area contributed by atoms with Gasteiger partial charge in [0, 0.05) is 33.9 Å². The Bertz CT molecular complexity index is 630. The molecule has 0 radical (unpaired) electrons. The highest BCUT2D eigenvalue weighted by molar-refractivity contribution is 9.10. The summed E-state index contributed by atoms with van der Waals surface area (Å²) >= 11 is 3.30. The molecule has 104 valence electrons. The van der Waals surface area contributed by atoms with E-state index in [-0.39, 0.29) is 17.8 Å². The number of benzene rings is 1. The molecule has 0 fully saturated rings. The van der Waals surface area contributed by atoms with E-state index >= 15 is 0 Å². The number of pyridine rings is 1. The van der Waals surface area contributed by atoms with E-state index in [9.17, 15) is 4.39 Å². The van der Waals surface area contributed by atoms with E-state index in [1.807, 2.05) is 31.4 Å². The van der Waals surface area contributed by atoms with Crippen LogP contribution in [-0.4, -0.2) is 12.0 Å². The van der Waals surface area contributed by atoms with Crippen LogP contribution in [0.2, 0.25) is 0 Å². The van der Waals surface area contributed by atoms with Crippen LogP contribution in [0.1, 0.15) is 35.2 Å². The molecule has 2 nitrogen and oxygen atoms in total. The summed E-state index contributed by atoms with van der Waals surface area (Å²) in [5, 5.41) is 3.27.